The Morgan fingerprint density at radius 3 is 2.06 bits per heavy atom. The molecular formula is C23H24N6NaO5+. The number of carboxylic acid groups (broad SMARTS) is 2. The number of nitrogens with one attached hydrogen (secondary N) is 2. The number of carboxylic acids is 2. The quantitative estimate of drug-likeness (QED) is 0.193. The number of aromatic nitrogens is 2. The summed E-state index contributed by atoms with van der Waals surface area (Å²) < 4.78 is 0. The summed E-state index contributed by atoms with van der Waals surface area (Å²) >= 11 is 0. The van der Waals surface area contributed by atoms with Crippen LogP contribution in [0.4, 0.5) is 17.5 Å². The molecule has 0 aliphatic heterocycles. The van der Waals surface area contributed by atoms with E-state index in [4.69, 9.17) is 21.7 Å². The second-order valence-electron chi connectivity index (χ2n) is 7.52. The second kappa shape index (κ2) is 12.7. The summed E-state index contributed by atoms with van der Waals surface area (Å²) in [7, 11) is 0. The van der Waals surface area contributed by atoms with Gasteiger partial charge < -0.3 is 32.3 Å². The molecule has 35 heavy (non-hydrogen) atoms. The Morgan fingerprint density at radius 2 is 1.51 bits per heavy atom. The van der Waals surface area contributed by atoms with Crippen LogP contribution in [0.15, 0.2) is 54.7 Å². The van der Waals surface area contributed by atoms with Crippen LogP contribution < -0.4 is 51.7 Å². The molecule has 2 aromatic carbocycles. The maximum Gasteiger partial charge on any atom is 1.00 e. The van der Waals surface area contributed by atoms with Crippen molar-refractivity contribution in [3.05, 3.63) is 65.9 Å². The van der Waals surface area contributed by atoms with Gasteiger partial charge >= 0.3 is 41.5 Å². The Morgan fingerprint density at radius 1 is 0.914 bits per heavy atom. The van der Waals surface area contributed by atoms with Gasteiger partial charge in [-0.2, -0.15) is 4.98 Å². The summed E-state index contributed by atoms with van der Waals surface area (Å²) in [4.78, 5) is 42.1. The molecule has 0 saturated carbocycles. The molecule has 12 heteroatoms. The van der Waals surface area contributed by atoms with Crippen molar-refractivity contribution >= 4 is 35.3 Å². The molecule has 0 radical (unpaired) electrons. The Kier molecular flexibility index (Phi) is 10.0. The van der Waals surface area contributed by atoms with Gasteiger partial charge in [0.15, 0.2) is 0 Å². The number of rotatable bonds is 10. The molecule has 1 heterocycles. The summed E-state index contributed by atoms with van der Waals surface area (Å²) in [5.41, 5.74) is 15.1. The summed E-state index contributed by atoms with van der Waals surface area (Å²) in [5, 5.41) is 23.5. The molecule has 11 nitrogen and oxygen atoms in total. The molecule has 0 atom stereocenters. The van der Waals surface area contributed by atoms with E-state index in [0.29, 0.717) is 23.5 Å². The Hall–Kier alpha value is -3.67. The predicted molar refractivity (Wildman–Crippen MR) is 126 cm³/mol. The average molecular weight is 487 g/mol. The molecule has 0 aliphatic rings. The van der Waals surface area contributed by atoms with E-state index >= 15 is 0 Å². The van der Waals surface area contributed by atoms with Crippen LogP contribution in [0, 0.1) is 0 Å². The van der Waals surface area contributed by atoms with Crippen molar-refractivity contribution in [3.63, 3.8) is 0 Å². The molecule has 3 aromatic rings. The molecule has 8 N–H and O–H groups in total. The minimum absolute atomic E-state index is 0. The Balaban J connectivity index is 0.00000432. The monoisotopic (exact) mass is 487 g/mol. The van der Waals surface area contributed by atoms with Crippen LogP contribution in [0.1, 0.15) is 28.8 Å². The number of carbonyl (C=O) groups is 3. The minimum Gasteiger partial charge on any atom is -0.481 e. The number of nitrogens with two attached hydrogens (primary N) is 2. The third-order valence-electron chi connectivity index (χ3n) is 4.92. The van der Waals surface area contributed by atoms with E-state index in [1.54, 1.807) is 30.5 Å². The number of aliphatic carboxylic acids is 2. The van der Waals surface area contributed by atoms with Crippen LogP contribution in [0.5, 0.6) is 0 Å². The molecule has 0 aliphatic carbocycles. The van der Waals surface area contributed by atoms with E-state index in [9.17, 15) is 14.4 Å². The molecular weight excluding hydrogens is 463 g/mol. The van der Waals surface area contributed by atoms with Crippen molar-refractivity contribution in [2.45, 2.75) is 25.4 Å². The third-order valence-corrected chi connectivity index (χ3v) is 4.92. The van der Waals surface area contributed by atoms with E-state index in [-0.39, 0.29) is 35.5 Å². The minimum atomic E-state index is -1.19. The van der Waals surface area contributed by atoms with E-state index < -0.39 is 36.7 Å². The first-order valence-electron chi connectivity index (χ1n) is 10.3. The van der Waals surface area contributed by atoms with Gasteiger partial charge in [-0.05, 0) is 35.4 Å². The van der Waals surface area contributed by atoms with E-state index in [1.807, 2.05) is 24.3 Å². The predicted octanol–water partition coefficient (Wildman–Crippen LogP) is -1.03. The fourth-order valence-electron chi connectivity index (χ4n) is 3.24. The Bertz CT molecular complexity index is 1170. The van der Waals surface area contributed by atoms with Crippen molar-refractivity contribution in [1.29, 1.82) is 0 Å². The summed E-state index contributed by atoms with van der Waals surface area (Å²) in [6.45, 7) is 0.527. The van der Waals surface area contributed by atoms with Gasteiger partial charge in [0.25, 0.3) is 5.91 Å². The molecule has 0 spiro atoms. The number of carbonyl (C=O) groups excluding carboxylic acids is 1. The first-order valence-corrected chi connectivity index (χ1v) is 10.3. The molecule has 1 amide bonds. The summed E-state index contributed by atoms with van der Waals surface area (Å²) in [6.07, 6.45) is 0.622. The third kappa shape index (κ3) is 8.25. The van der Waals surface area contributed by atoms with Crippen molar-refractivity contribution in [3.8, 4) is 11.1 Å². The van der Waals surface area contributed by atoms with Gasteiger partial charge in [0.1, 0.15) is 5.82 Å². The molecule has 0 fully saturated rings. The normalized spacial score (nSPS) is 10.3. The van der Waals surface area contributed by atoms with Crippen molar-refractivity contribution in [1.82, 2.24) is 15.3 Å². The second-order valence-corrected chi connectivity index (χ2v) is 7.52. The number of amides is 1. The standard InChI is InChI=1S/C23H24N6O5.Na/c24-21-18(12-27-23(25)29-21)14-3-1-13(2-4-14)11-26-16-7-5-15(6-8-16)22(34)28-17(9-19(30)31)10-20(32)33;/h1-8,12,17,26H,9-11H2,(H,28,34)(H,30,31)(H,32,33)(H4,24,25,27,29);/q;+1. The Labute approximate surface area is 223 Å². The van der Waals surface area contributed by atoms with E-state index in [1.165, 1.54) is 0 Å². The largest absolute Gasteiger partial charge is 1.00 e. The zero-order chi connectivity index (χ0) is 24.7. The van der Waals surface area contributed by atoms with Crippen molar-refractivity contribution in [2.24, 2.45) is 0 Å². The molecule has 3 rings (SSSR count). The number of nitrogens with zero attached hydrogens (tertiary/aromatic N) is 2. The number of benzene rings is 2. The van der Waals surface area contributed by atoms with Gasteiger partial charge in [-0.3, -0.25) is 14.4 Å². The van der Waals surface area contributed by atoms with Gasteiger partial charge in [-0.25, -0.2) is 4.98 Å². The van der Waals surface area contributed by atoms with Gasteiger partial charge in [0.05, 0.1) is 18.9 Å². The topological polar surface area (TPSA) is 194 Å². The number of hydrogen-bond donors (Lipinski definition) is 6. The van der Waals surface area contributed by atoms with Gasteiger partial charge in [0, 0.05) is 29.6 Å². The van der Waals surface area contributed by atoms with Crippen LogP contribution in [0.2, 0.25) is 0 Å². The van der Waals surface area contributed by atoms with Crippen LogP contribution in [-0.2, 0) is 16.1 Å². The van der Waals surface area contributed by atoms with Gasteiger partial charge in [0.2, 0.25) is 5.95 Å². The van der Waals surface area contributed by atoms with Gasteiger partial charge in [-0.1, -0.05) is 24.3 Å². The fraction of sp³-hybridized carbons (Fsp3) is 0.174. The summed E-state index contributed by atoms with van der Waals surface area (Å²) in [5.74, 6) is -2.50. The van der Waals surface area contributed by atoms with E-state index in [2.05, 4.69) is 20.6 Å². The van der Waals surface area contributed by atoms with E-state index in [0.717, 1.165) is 16.8 Å². The molecule has 0 saturated heterocycles. The SMILES string of the molecule is Nc1ncc(-c2ccc(CNc3ccc(C(=O)NC(CC(=O)O)CC(=O)O)cc3)cc2)c(N)n1.[Na+]. The number of anilines is 3. The number of nitrogen functional groups attached to an aromatic ring is 2. The van der Waals surface area contributed by atoms with Crippen LogP contribution in [0.3, 0.4) is 0 Å². The molecule has 0 bridgehead atoms. The van der Waals surface area contributed by atoms with Crippen LogP contribution in [0.25, 0.3) is 11.1 Å². The molecule has 1 aromatic heterocycles. The zero-order valence-corrected chi connectivity index (χ0v) is 21.1. The summed E-state index contributed by atoms with van der Waals surface area (Å²) in [6, 6.07) is 13.2. The number of hydrogen-bond acceptors (Lipinski definition) is 8. The van der Waals surface area contributed by atoms with Gasteiger partial charge in [-0.15, -0.1) is 0 Å². The van der Waals surface area contributed by atoms with Crippen molar-refractivity contribution in [2.75, 3.05) is 16.8 Å². The average Bonchev–Trinajstić information content (AvgIpc) is 2.77. The molecule has 176 valence electrons. The van der Waals surface area contributed by atoms with Crippen LogP contribution in [-0.4, -0.2) is 44.1 Å². The molecule has 0 unspecified atom stereocenters. The fourth-order valence-corrected chi connectivity index (χ4v) is 3.24. The smallest absolute Gasteiger partial charge is 0.481 e. The maximum atomic E-state index is 12.4. The van der Waals surface area contributed by atoms with Crippen molar-refractivity contribution < 1.29 is 54.2 Å². The first kappa shape index (κ1) is 27.6. The first-order chi connectivity index (χ1) is 16.2. The van der Waals surface area contributed by atoms with Crippen LogP contribution >= 0.6 is 0 Å². The maximum absolute atomic E-state index is 12.4. The zero-order valence-electron chi connectivity index (χ0n) is 19.1.